The summed E-state index contributed by atoms with van der Waals surface area (Å²) in [6.45, 7) is 4.27. The maximum atomic E-state index is 10.8. The largest absolute Gasteiger partial charge is 0.466 e. The molecule has 0 heterocycles. The zero-order valence-corrected chi connectivity index (χ0v) is 7.87. The molecular weight excluding hydrogens is 160 g/mol. The molecule has 11 heavy (non-hydrogen) atoms. The predicted octanol–water partition coefficient (Wildman–Crippen LogP) is 2.11. The van der Waals surface area contributed by atoms with E-state index in [9.17, 15) is 4.79 Å². The van der Waals surface area contributed by atoms with Crippen LogP contribution >= 0.6 is 12.2 Å². The number of rotatable bonds is 5. The van der Waals surface area contributed by atoms with Crippen molar-refractivity contribution in [1.29, 1.82) is 0 Å². The molecule has 0 radical (unpaired) electrons. The maximum absolute atomic E-state index is 10.8. The van der Waals surface area contributed by atoms with Gasteiger partial charge in [0.15, 0.2) is 0 Å². The number of ether oxygens (including phenoxy) is 1. The van der Waals surface area contributed by atoms with Crippen molar-refractivity contribution in [2.45, 2.75) is 33.1 Å². The van der Waals surface area contributed by atoms with Crippen LogP contribution in [0.25, 0.3) is 0 Å². The highest BCUT2D eigenvalue weighted by Crippen LogP contribution is 1.98. The Morgan fingerprint density at radius 3 is 2.55 bits per heavy atom. The quantitative estimate of drug-likeness (QED) is 0.471. The average Bonchev–Trinajstić information content (AvgIpc) is 1.87. The standard InChI is InChI=1S/C8H14O2S/c1-3-5-7(11)6-8(9)10-4-2/h3-6H2,1-2H3. The molecule has 0 aliphatic carbocycles. The second-order valence-electron chi connectivity index (χ2n) is 2.27. The van der Waals surface area contributed by atoms with Crippen LogP contribution in [0.1, 0.15) is 33.1 Å². The van der Waals surface area contributed by atoms with E-state index in [2.05, 4.69) is 0 Å². The average molecular weight is 174 g/mol. The van der Waals surface area contributed by atoms with Crippen LogP contribution in [0.3, 0.4) is 0 Å². The van der Waals surface area contributed by atoms with Crippen molar-refractivity contribution in [3.8, 4) is 0 Å². The van der Waals surface area contributed by atoms with Crippen molar-refractivity contribution in [1.82, 2.24) is 0 Å². The molecule has 0 amide bonds. The molecule has 0 saturated heterocycles. The monoisotopic (exact) mass is 174 g/mol. The second kappa shape index (κ2) is 6.28. The predicted molar refractivity (Wildman–Crippen MR) is 48.8 cm³/mol. The molecule has 0 saturated carbocycles. The third-order valence-electron chi connectivity index (χ3n) is 1.18. The summed E-state index contributed by atoms with van der Waals surface area (Å²) in [6.07, 6.45) is 2.14. The van der Waals surface area contributed by atoms with Gasteiger partial charge in [-0.05, 0) is 13.3 Å². The smallest absolute Gasteiger partial charge is 0.310 e. The molecule has 0 rings (SSSR count). The van der Waals surface area contributed by atoms with Gasteiger partial charge in [0.1, 0.15) is 0 Å². The zero-order valence-electron chi connectivity index (χ0n) is 7.05. The molecule has 0 atom stereocenters. The third kappa shape index (κ3) is 5.98. The van der Waals surface area contributed by atoms with E-state index in [4.69, 9.17) is 17.0 Å². The van der Waals surface area contributed by atoms with Crippen LogP contribution in [0, 0.1) is 0 Å². The first-order valence-electron chi connectivity index (χ1n) is 3.88. The summed E-state index contributed by atoms with van der Waals surface area (Å²) in [7, 11) is 0. The van der Waals surface area contributed by atoms with Gasteiger partial charge in [-0.25, -0.2) is 0 Å². The second-order valence-corrected chi connectivity index (χ2v) is 2.85. The Bertz CT molecular complexity index is 127. The summed E-state index contributed by atoms with van der Waals surface area (Å²) in [5.74, 6) is -0.203. The number of carbonyl (C=O) groups excluding carboxylic acids is 1. The highest BCUT2D eigenvalue weighted by atomic mass is 32.1. The molecule has 0 aromatic carbocycles. The highest BCUT2D eigenvalue weighted by Gasteiger charge is 2.04. The van der Waals surface area contributed by atoms with Crippen molar-refractivity contribution in [2.24, 2.45) is 0 Å². The summed E-state index contributed by atoms with van der Waals surface area (Å²) < 4.78 is 4.73. The first kappa shape index (κ1) is 10.6. The van der Waals surface area contributed by atoms with Gasteiger partial charge in [-0.1, -0.05) is 25.6 Å². The number of hydrogen-bond acceptors (Lipinski definition) is 3. The lowest BCUT2D eigenvalue weighted by molar-refractivity contribution is -0.141. The minimum atomic E-state index is -0.203. The Labute approximate surface area is 72.9 Å². The molecule has 0 bridgehead atoms. The third-order valence-corrected chi connectivity index (χ3v) is 1.52. The molecule has 0 spiro atoms. The van der Waals surface area contributed by atoms with Gasteiger partial charge in [-0.3, -0.25) is 4.79 Å². The molecule has 0 fully saturated rings. The fourth-order valence-corrected chi connectivity index (χ4v) is 1.06. The molecule has 3 heteroatoms. The minimum absolute atomic E-state index is 0.203. The molecule has 64 valence electrons. The van der Waals surface area contributed by atoms with E-state index in [1.165, 1.54) is 0 Å². The van der Waals surface area contributed by atoms with Gasteiger partial charge in [-0.2, -0.15) is 0 Å². The lowest BCUT2D eigenvalue weighted by Gasteiger charge is -2.01. The first-order valence-corrected chi connectivity index (χ1v) is 4.28. The molecule has 0 aromatic rings. The molecule has 0 N–H and O–H groups in total. The Balaban J connectivity index is 3.49. The van der Waals surface area contributed by atoms with Crippen molar-refractivity contribution in [3.63, 3.8) is 0 Å². The van der Waals surface area contributed by atoms with Gasteiger partial charge in [0, 0.05) is 4.86 Å². The van der Waals surface area contributed by atoms with Crippen molar-refractivity contribution >= 4 is 23.1 Å². The van der Waals surface area contributed by atoms with E-state index in [1.54, 1.807) is 6.92 Å². The Morgan fingerprint density at radius 2 is 2.09 bits per heavy atom. The summed E-state index contributed by atoms with van der Waals surface area (Å²) in [5, 5.41) is 0. The van der Waals surface area contributed by atoms with Crippen LogP contribution in [0.4, 0.5) is 0 Å². The summed E-state index contributed by atoms with van der Waals surface area (Å²) in [5.41, 5.74) is 0. The Kier molecular flexibility index (Phi) is 6.03. The van der Waals surface area contributed by atoms with E-state index < -0.39 is 0 Å². The number of hydrogen-bond donors (Lipinski definition) is 0. The molecule has 0 aliphatic heterocycles. The summed E-state index contributed by atoms with van der Waals surface area (Å²) in [6, 6.07) is 0. The zero-order chi connectivity index (χ0) is 8.69. The SMILES string of the molecule is CCCC(=S)CC(=O)OCC. The fraction of sp³-hybridized carbons (Fsp3) is 0.750. The van der Waals surface area contributed by atoms with E-state index in [0.29, 0.717) is 13.0 Å². The number of carbonyl (C=O) groups is 1. The van der Waals surface area contributed by atoms with Crippen molar-refractivity contribution < 1.29 is 9.53 Å². The summed E-state index contributed by atoms with van der Waals surface area (Å²) >= 11 is 4.94. The molecule has 0 unspecified atom stereocenters. The van der Waals surface area contributed by atoms with Crippen LogP contribution in [-0.4, -0.2) is 17.4 Å². The number of thiocarbonyl (C=S) groups is 1. The Hall–Kier alpha value is -0.440. The van der Waals surface area contributed by atoms with Gasteiger partial charge < -0.3 is 4.74 Å². The lowest BCUT2D eigenvalue weighted by atomic mass is 10.2. The van der Waals surface area contributed by atoms with Crippen LogP contribution in [0.15, 0.2) is 0 Å². The van der Waals surface area contributed by atoms with Crippen LogP contribution in [0.5, 0.6) is 0 Å². The van der Waals surface area contributed by atoms with E-state index in [-0.39, 0.29) is 5.97 Å². The maximum Gasteiger partial charge on any atom is 0.310 e. The lowest BCUT2D eigenvalue weighted by Crippen LogP contribution is -2.09. The number of esters is 1. The van der Waals surface area contributed by atoms with Crippen molar-refractivity contribution in [3.05, 3.63) is 0 Å². The first-order chi connectivity index (χ1) is 5.20. The van der Waals surface area contributed by atoms with Gasteiger partial charge in [0.05, 0.1) is 13.0 Å². The van der Waals surface area contributed by atoms with Crippen molar-refractivity contribution in [2.75, 3.05) is 6.61 Å². The van der Waals surface area contributed by atoms with Crippen LogP contribution in [-0.2, 0) is 9.53 Å². The van der Waals surface area contributed by atoms with Gasteiger partial charge in [0.25, 0.3) is 0 Å². The molecule has 0 aromatic heterocycles. The van der Waals surface area contributed by atoms with E-state index in [0.717, 1.165) is 17.7 Å². The Morgan fingerprint density at radius 1 is 1.45 bits per heavy atom. The highest BCUT2D eigenvalue weighted by molar-refractivity contribution is 7.80. The van der Waals surface area contributed by atoms with Gasteiger partial charge in [-0.15, -0.1) is 0 Å². The molecule has 2 nitrogen and oxygen atoms in total. The van der Waals surface area contributed by atoms with Crippen LogP contribution in [0.2, 0.25) is 0 Å². The topological polar surface area (TPSA) is 26.3 Å². The minimum Gasteiger partial charge on any atom is -0.466 e. The van der Waals surface area contributed by atoms with E-state index in [1.807, 2.05) is 6.92 Å². The fourth-order valence-electron chi connectivity index (χ4n) is 0.740. The normalized spacial score (nSPS) is 9.27. The molecule has 0 aliphatic rings. The van der Waals surface area contributed by atoms with Gasteiger partial charge >= 0.3 is 5.97 Å². The van der Waals surface area contributed by atoms with Gasteiger partial charge in [0.2, 0.25) is 0 Å². The van der Waals surface area contributed by atoms with Crippen LogP contribution < -0.4 is 0 Å². The molecular formula is C8H14O2S. The van der Waals surface area contributed by atoms with E-state index >= 15 is 0 Å². The summed E-state index contributed by atoms with van der Waals surface area (Å²) in [4.78, 5) is 11.6.